The minimum Gasteiger partial charge on any atom is -0.481 e. The topological polar surface area (TPSA) is 127 Å². The van der Waals surface area contributed by atoms with Gasteiger partial charge in [-0.15, -0.1) is 0 Å². The van der Waals surface area contributed by atoms with Crippen molar-refractivity contribution in [2.45, 2.75) is 53.1 Å². The molecular weight excluding hydrogens is 344 g/mol. The Balaban J connectivity index is 0. The van der Waals surface area contributed by atoms with Gasteiger partial charge in [0.15, 0.2) is 6.10 Å². The van der Waals surface area contributed by atoms with Gasteiger partial charge in [0.2, 0.25) is 0 Å². The zero-order chi connectivity index (χ0) is 20.9. The van der Waals surface area contributed by atoms with Crippen LogP contribution in [-0.2, 0) is 28.7 Å². The summed E-state index contributed by atoms with van der Waals surface area (Å²) >= 11 is 0. The van der Waals surface area contributed by atoms with Crippen LogP contribution in [0.1, 0.15) is 47.0 Å². The van der Waals surface area contributed by atoms with E-state index in [-0.39, 0.29) is 17.8 Å². The number of aliphatic carboxylic acids is 2. The van der Waals surface area contributed by atoms with Crippen LogP contribution in [-0.4, -0.2) is 46.8 Å². The molecule has 0 bridgehead atoms. The van der Waals surface area contributed by atoms with Gasteiger partial charge in [0, 0.05) is 11.1 Å². The summed E-state index contributed by atoms with van der Waals surface area (Å²) in [5.74, 6) is -3.88. The van der Waals surface area contributed by atoms with Gasteiger partial charge in [-0.25, -0.2) is 14.4 Å². The van der Waals surface area contributed by atoms with Crippen LogP contribution in [0.15, 0.2) is 24.3 Å². The van der Waals surface area contributed by atoms with Crippen LogP contribution in [0, 0.1) is 5.92 Å². The molecule has 0 rings (SSSR count). The van der Waals surface area contributed by atoms with E-state index in [2.05, 4.69) is 17.9 Å². The zero-order valence-electron chi connectivity index (χ0n) is 15.7. The highest BCUT2D eigenvalue weighted by molar-refractivity contribution is 5.89. The lowest BCUT2D eigenvalue weighted by Crippen LogP contribution is -2.27. The van der Waals surface area contributed by atoms with E-state index in [0.717, 1.165) is 0 Å². The SMILES string of the molecule is C=C(C)C(=O)OC(CCC)C(=O)O.C=C(C)C(=O)OCC(CC)C(=O)O. The normalized spacial score (nSPS) is 11.8. The molecule has 2 atom stereocenters. The molecule has 8 heteroatoms. The lowest BCUT2D eigenvalue weighted by Gasteiger charge is -2.12. The Bertz CT molecular complexity index is 535. The predicted octanol–water partition coefficient (Wildman–Crippen LogP) is 2.58. The summed E-state index contributed by atoms with van der Waals surface area (Å²) in [6.45, 7) is 13.2. The van der Waals surface area contributed by atoms with Gasteiger partial charge in [0.25, 0.3) is 0 Å². The van der Waals surface area contributed by atoms with E-state index >= 15 is 0 Å². The predicted molar refractivity (Wildman–Crippen MR) is 94.4 cm³/mol. The molecule has 2 unspecified atom stereocenters. The molecule has 0 fully saturated rings. The smallest absolute Gasteiger partial charge is 0.345 e. The van der Waals surface area contributed by atoms with Crippen molar-refractivity contribution in [2.24, 2.45) is 5.92 Å². The van der Waals surface area contributed by atoms with Crippen LogP contribution in [0.3, 0.4) is 0 Å². The maximum Gasteiger partial charge on any atom is 0.345 e. The molecule has 0 heterocycles. The first kappa shape index (κ1) is 25.6. The van der Waals surface area contributed by atoms with Crippen LogP contribution in [0.5, 0.6) is 0 Å². The molecule has 0 aromatic carbocycles. The maximum atomic E-state index is 10.9. The van der Waals surface area contributed by atoms with E-state index in [0.29, 0.717) is 19.3 Å². The van der Waals surface area contributed by atoms with E-state index in [1.165, 1.54) is 13.8 Å². The first-order valence-corrected chi connectivity index (χ1v) is 8.12. The first-order chi connectivity index (χ1) is 12.0. The monoisotopic (exact) mass is 372 g/mol. The molecule has 148 valence electrons. The fraction of sp³-hybridized carbons (Fsp3) is 0.556. The molecule has 0 amide bonds. The van der Waals surface area contributed by atoms with Crippen LogP contribution < -0.4 is 0 Å². The molecule has 0 aliphatic heterocycles. The number of esters is 2. The third kappa shape index (κ3) is 11.8. The van der Waals surface area contributed by atoms with Gasteiger partial charge in [0.05, 0.1) is 5.92 Å². The highest BCUT2D eigenvalue weighted by Crippen LogP contribution is 2.06. The van der Waals surface area contributed by atoms with E-state index in [1.54, 1.807) is 6.92 Å². The maximum absolute atomic E-state index is 10.9. The number of hydrogen-bond acceptors (Lipinski definition) is 6. The average Bonchev–Trinajstić information content (AvgIpc) is 2.54. The number of rotatable bonds is 10. The van der Waals surface area contributed by atoms with Crippen LogP contribution in [0.4, 0.5) is 0 Å². The number of carboxylic acid groups (broad SMARTS) is 2. The van der Waals surface area contributed by atoms with E-state index in [9.17, 15) is 19.2 Å². The molecule has 0 aromatic heterocycles. The highest BCUT2D eigenvalue weighted by atomic mass is 16.6. The summed E-state index contributed by atoms with van der Waals surface area (Å²) in [5.41, 5.74) is 0.489. The molecule has 0 radical (unpaired) electrons. The third-order valence-electron chi connectivity index (χ3n) is 3.03. The van der Waals surface area contributed by atoms with Gasteiger partial charge in [0.1, 0.15) is 6.61 Å². The van der Waals surface area contributed by atoms with Gasteiger partial charge in [-0.3, -0.25) is 4.79 Å². The van der Waals surface area contributed by atoms with Gasteiger partial charge in [-0.05, 0) is 26.7 Å². The molecule has 0 aliphatic rings. The van der Waals surface area contributed by atoms with Crippen LogP contribution in [0.25, 0.3) is 0 Å². The zero-order valence-corrected chi connectivity index (χ0v) is 15.7. The summed E-state index contributed by atoms with van der Waals surface area (Å²) in [4.78, 5) is 42.9. The third-order valence-corrected chi connectivity index (χ3v) is 3.03. The Morgan fingerprint density at radius 2 is 1.42 bits per heavy atom. The molecule has 0 saturated heterocycles. The first-order valence-electron chi connectivity index (χ1n) is 8.12. The number of ether oxygens (including phenoxy) is 2. The van der Waals surface area contributed by atoms with Crippen molar-refractivity contribution in [1.82, 2.24) is 0 Å². The molecule has 0 spiro atoms. The summed E-state index contributed by atoms with van der Waals surface area (Å²) < 4.78 is 9.37. The van der Waals surface area contributed by atoms with E-state index in [4.69, 9.17) is 14.9 Å². The molecule has 0 aliphatic carbocycles. The summed E-state index contributed by atoms with van der Waals surface area (Å²) in [6, 6.07) is 0. The second-order valence-electron chi connectivity index (χ2n) is 5.62. The van der Waals surface area contributed by atoms with Gasteiger partial charge >= 0.3 is 23.9 Å². The largest absolute Gasteiger partial charge is 0.481 e. The van der Waals surface area contributed by atoms with Gasteiger partial charge in [-0.2, -0.15) is 0 Å². The quantitative estimate of drug-likeness (QED) is 0.442. The Morgan fingerprint density at radius 1 is 0.923 bits per heavy atom. The molecule has 26 heavy (non-hydrogen) atoms. The second-order valence-corrected chi connectivity index (χ2v) is 5.62. The second kappa shape index (κ2) is 13.6. The standard InChI is InChI=1S/2C9H14O4/c1-4-7(8(10)11)5-13-9(12)6(2)3;1-4-5-7(8(10)11)13-9(12)6(2)3/h2*7H,2,4-5H2,1,3H3,(H,10,11). The lowest BCUT2D eigenvalue weighted by molar-refractivity contribution is -0.161. The Morgan fingerprint density at radius 3 is 1.73 bits per heavy atom. The fourth-order valence-corrected chi connectivity index (χ4v) is 1.39. The molecule has 0 saturated carbocycles. The lowest BCUT2D eigenvalue weighted by atomic mass is 10.1. The van der Waals surface area contributed by atoms with Crippen molar-refractivity contribution in [3.63, 3.8) is 0 Å². The van der Waals surface area contributed by atoms with Crippen molar-refractivity contribution in [2.75, 3.05) is 6.61 Å². The summed E-state index contributed by atoms with van der Waals surface area (Å²) in [6.07, 6.45) is 0.377. The molecule has 8 nitrogen and oxygen atoms in total. The minimum atomic E-state index is -1.11. The Hall–Kier alpha value is -2.64. The van der Waals surface area contributed by atoms with E-state index in [1.807, 2.05) is 6.92 Å². The Kier molecular flexibility index (Phi) is 13.4. The molecule has 2 N–H and O–H groups in total. The fourth-order valence-electron chi connectivity index (χ4n) is 1.39. The van der Waals surface area contributed by atoms with Crippen molar-refractivity contribution >= 4 is 23.9 Å². The van der Waals surface area contributed by atoms with Crippen LogP contribution >= 0.6 is 0 Å². The Labute approximate surface area is 153 Å². The summed E-state index contributed by atoms with van der Waals surface area (Å²) in [7, 11) is 0. The average molecular weight is 372 g/mol. The van der Waals surface area contributed by atoms with Crippen molar-refractivity contribution in [3.8, 4) is 0 Å². The number of carboxylic acids is 2. The molecular formula is C18H28O8. The summed E-state index contributed by atoms with van der Waals surface area (Å²) in [5, 5.41) is 17.2. The van der Waals surface area contributed by atoms with Crippen molar-refractivity contribution in [1.29, 1.82) is 0 Å². The number of carbonyl (C=O) groups is 4. The number of carbonyl (C=O) groups excluding carboxylic acids is 2. The van der Waals surface area contributed by atoms with Crippen LogP contribution in [0.2, 0.25) is 0 Å². The van der Waals surface area contributed by atoms with Gasteiger partial charge in [-0.1, -0.05) is 33.4 Å². The van der Waals surface area contributed by atoms with Crippen molar-refractivity contribution in [3.05, 3.63) is 24.3 Å². The van der Waals surface area contributed by atoms with Crippen molar-refractivity contribution < 1.29 is 38.9 Å². The van der Waals surface area contributed by atoms with E-state index < -0.39 is 35.9 Å². The number of hydrogen-bond donors (Lipinski definition) is 2. The molecule has 0 aromatic rings. The van der Waals surface area contributed by atoms with Gasteiger partial charge < -0.3 is 19.7 Å². The minimum absolute atomic E-state index is 0.0858. The highest BCUT2D eigenvalue weighted by Gasteiger charge is 2.21.